The number of Topliss-reactive ketones (excluding diaryl/α,β-unsaturated/α-hetero) is 1. The molecule has 0 unspecified atom stereocenters. The first kappa shape index (κ1) is 32.7. The van der Waals surface area contributed by atoms with E-state index in [0.29, 0.717) is 35.3 Å². The number of ether oxygens (including phenoxy) is 3. The first-order chi connectivity index (χ1) is 18.9. The highest BCUT2D eigenvalue weighted by Crippen LogP contribution is 2.27. The second-order valence-electron chi connectivity index (χ2n) is 10.1. The summed E-state index contributed by atoms with van der Waals surface area (Å²) in [6.45, 7) is 7.12. The Balaban J connectivity index is 2.58. The van der Waals surface area contributed by atoms with Crippen molar-refractivity contribution in [3.05, 3.63) is 58.9 Å². The number of carbonyl (C=O) groups is 3. The van der Waals surface area contributed by atoms with Gasteiger partial charge in [0, 0.05) is 31.3 Å². The molecule has 0 aromatic heterocycles. The van der Waals surface area contributed by atoms with E-state index in [2.05, 4.69) is 10.5 Å². The molecule has 2 amide bonds. The van der Waals surface area contributed by atoms with Crippen LogP contribution in [0.5, 0.6) is 0 Å². The molecule has 0 spiro atoms. The number of aliphatic hydroxyl groups is 1. The maximum Gasteiger partial charge on any atom is 0.405 e. The fourth-order valence-electron chi connectivity index (χ4n) is 4.71. The van der Waals surface area contributed by atoms with Crippen LogP contribution in [0.25, 0.3) is 0 Å². The third kappa shape index (κ3) is 9.00. The van der Waals surface area contributed by atoms with E-state index in [4.69, 9.17) is 24.8 Å². The van der Waals surface area contributed by atoms with E-state index in [1.807, 2.05) is 13.8 Å². The number of oxime groups is 1. The van der Waals surface area contributed by atoms with Crippen molar-refractivity contribution in [2.24, 2.45) is 22.7 Å². The lowest BCUT2D eigenvalue weighted by molar-refractivity contribution is -0.119. The summed E-state index contributed by atoms with van der Waals surface area (Å²) in [5.74, 6) is -1.29. The SMILES string of the molecule is CO/N=C1/C=C2C[C@@H](C)C[C@H](OC)[C@H](O)[C@@H](C)/C=C(\C)[C@H](OC(N)=O)[C@@H](OC)/C=C\C=C(/C)C(=O)NC(=C1)C2=O. The largest absolute Gasteiger partial charge is 0.439 e. The van der Waals surface area contributed by atoms with Gasteiger partial charge in [-0.25, -0.2) is 4.79 Å². The van der Waals surface area contributed by atoms with E-state index in [0.717, 1.165) is 0 Å². The predicted octanol–water partition coefficient (Wildman–Crippen LogP) is 2.87. The number of carbonyl (C=O) groups excluding carboxylic acids is 3. The minimum Gasteiger partial charge on any atom is -0.439 e. The van der Waals surface area contributed by atoms with Crippen molar-refractivity contribution in [3.8, 4) is 0 Å². The van der Waals surface area contributed by atoms with Gasteiger partial charge in [-0.2, -0.15) is 0 Å². The Morgan fingerprint density at radius 2 is 1.82 bits per heavy atom. The van der Waals surface area contributed by atoms with Crippen LogP contribution in [0, 0.1) is 11.8 Å². The lowest BCUT2D eigenvalue weighted by atomic mass is 9.86. The molecule has 2 rings (SSSR count). The van der Waals surface area contributed by atoms with E-state index in [9.17, 15) is 19.5 Å². The molecule has 11 heteroatoms. The number of fused-ring (bicyclic) bond motifs is 2. The van der Waals surface area contributed by atoms with Crippen molar-refractivity contribution in [1.82, 2.24) is 5.32 Å². The number of allylic oxidation sites excluding steroid dienone is 5. The van der Waals surface area contributed by atoms with Gasteiger partial charge in [-0.3, -0.25) is 9.59 Å². The monoisotopic (exact) mass is 559 g/mol. The van der Waals surface area contributed by atoms with Gasteiger partial charge in [0.2, 0.25) is 5.78 Å². The predicted molar refractivity (Wildman–Crippen MR) is 150 cm³/mol. The fraction of sp³-hybridized carbons (Fsp3) is 0.517. The van der Waals surface area contributed by atoms with E-state index in [1.165, 1.54) is 27.4 Å². The molecule has 2 bridgehead atoms. The Morgan fingerprint density at radius 1 is 1.12 bits per heavy atom. The van der Waals surface area contributed by atoms with Crippen LogP contribution >= 0.6 is 0 Å². The quantitative estimate of drug-likeness (QED) is 0.269. The summed E-state index contributed by atoms with van der Waals surface area (Å²) in [5, 5.41) is 17.8. The third-order valence-corrected chi connectivity index (χ3v) is 6.81. The van der Waals surface area contributed by atoms with Crippen LogP contribution in [0.2, 0.25) is 0 Å². The summed E-state index contributed by atoms with van der Waals surface area (Å²) in [6.07, 6.45) is 6.33. The minimum atomic E-state index is -0.982. The summed E-state index contributed by atoms with van der Waals surface area (Å²) < 4.78 is 16.6. The number of nitrogens with two attached hydrogens (primary N) is 1. The summed E-state index contributed by atoms with van der Waals surface area (Å²) in [7, 11) is 4.36. The van der Waals surface area contributed by atoms with Gasteiger partial charge in [0.05, 0.1) is 17.9 Å². The summed E-state index contributed by atoms with van der Waals surface area (Å²) in [6, 6.07) is 0. The molecule has 0 saturated carbocycles. The Hall–Kier alpha value is -3.54. The molecule has 2 aliphatic rings. The van der Waals surface area contributed by atoms with Gasteiger partial charge in [-0.15, -0.1) is 0 Å². The molecule has 1 aliphatic heterocycles. The second-order valence-corrected chi connectivity index (χ2v) is 10.1. The van der Waals surface area contributed by atoms with Crippen molar-refractivity contribution in [2.75, 3.05) is 21.3 Å². The lowest BCUT2D eigenvalue weighted by Gasteiger charge is -2.29. The molecule has 0 saturated heterocycles. The lowest BCUT2D eigenvalue weighted by Crippen LogP contribution is -2.37. The van der Waals surface area contributed by atoms with Gasteiger partial charge >= 0.3 is 6.09 Å². The number of amides is 2. The first-order valence-electron chi connectivity index (χ1n) is 13.0. The zero-order valence-corrected chi connectivity index (χ0v) is 24.2. The number of nitrogens with one attached hydrogen (secondary N) is 1. The minimum absolute atomic E-state index is 0.0709. The zero-order valence-electron chi connectivity index (χ0n) is 24.2. The van der Waals surface area contributed by atoms with Gasteiger partial charge in [-0.1, -0.05) is 43.3 Å². The molecule has 1 aliphatic carbocycles. The molecular formula is C29H41N3O8. The number of hydrogen-bond acceptors (Lipinski definition) is 9. The molecular weight excluding hydrogens is 518 g/mol. The fourth-order valence-corrected chi connectivity index (χ4v) is 4.71. The van der Waals surface area contributed by atoms with E-state index in [1.54, 1.807) is 44.2 Å². The van der Waals surface area contributed by atoms with Crippen molar-refractivity contribution in [3.63, 3.8) is 0 Å². The van der Waals surface area contributed by atoms with Crippen LogP contribution in [0.3, 0.4) is 0 Å². The Kier molecular flexibility index (Phi) is 12.5. The molecule has 40 heavy (non-hydrogen) atoms. The highest BCUT2D eigenvalue weighted by atomic mass is 16.6. The second kappa shape index (κ2) is 15.3. The smallest absolute Gasteiger partial charge is 0.405 e. The van der Waals surface area contributed by atoms with Gasteiger partial charge in [-0.05, 0) is 50.3 Å². The Morgan fingerprint density at radius 3 is 2.42 bits per heavy atom. The topological polar surface area (TPSA) is 159 Å². The highest BCUT2D eigenvalue weighted by Gasteiger charge is 2.31. The average Bonchev–Trinajstić information content (AvgIpc) is 2.90. The highest BCUT2D eigenvalue weighted by molar-refractivity contribution is 6.23. The normalized spacial score (nSPS) is 33.5. The van der Waals surface area contributed by atoms with Crippen LogP contribution in [-0.2, 0) is 28.6 Å². The molecule has 220 valence electrons. The summed E-state index contributed by atoms with van der Waals surface area (Å²) in [4.78, 5) is 42.8. The number of hydrogen-bond donors (Lipinski definition) is 3. The number of nitrogens with zero attached hydrogens (tertiary/aromatic N) is 1. The van der Waals surface area contributed by atoms with Crippen molar-refractivity contribution in [2.45, 2.75) is 65.0 Å². The van der Waals surface area contributed by atoms with Crippen molar-refractivity contribution < 1.29 is 38.5 Å². The number of ketones is 1. The maximum absolute atomic E-state index is 13.3. The zero-order chi connectivity index (χ0) is 30.0. The van der Waals surface area contributed by atoms with Crippen molar-refractivity contribution in [1.29, 1.82) is 0 Å². The van der Waals surface area contributed by atoms with E-state index < -0.39 is 42.3 Å². The van der Waals surface area contributed by atoms with Crippen LogP contribution in [0.1, 0.15) is 40.5 Å². The molecule has 6 atom stereocenters. The van der Waals surface area contributed by atoms with Crippen molar-refractivity contribution >= 4 is 23.5 Å². The molecule has 0 radical (unpaired) electrons. The molecule has 0 aromatic carbocycles. The number of aliphatic hydroxyl groups excluding tert-OH is 1. The van der Waals surface area contributed by atoms with Gasteiger partial charge < -0.3 is 35.2 Å². The van der Waals surface area contributed by atoms with Crippen LogP contribution in [0.15, 0.2) is 64.0 Å². The Bertz CT molecular complexity index is 1130. The molecule has 0 aromatic rings. The Labute approximate surface area is 235 Å². The van der Waals surface area contributed by atoms with Crippen LogP contribution in [-0.4, -0.2) is 74.3 Å². The molecule has 11 nitrogen and oxygen atoms in total. The molecule has 4 N–H and O–H groups in total. The third-order valence-electron chi connectivity index (χ3n) is 6.81. The average molecular weight is 560 g/mol. The first-order valence-corrected chi connectivity index (χ1v) is 13.0. The van der Waals surface area contributed by atoms with Gasteiger partial charge in [0.15, 0.2) is 6.10 Å². The van der Waals surface area contributed by atoms with E-state index >= 15 is 0 Å². The number of primary amides is 1. The number of methoxy groups -OCH3 is 2. The van der Waals surface area contributed by atoms with Gasteiger partial charge in [0.1, 0.15) is 18.9 Å². The summed E-state index contributed by atoms with van der Waals surface area (Å²) >= 11 is 0. The summed E-state index contributed by atoms with van der Waals surface area (Å²) in [5.41, 5.74) is 7.16. The standard InChI is InChI=1S/C29H41N3O8/c1-16-11-20-14-21(32-39-7)15-22(26(20)34)31-28(35)17(2)9-8-10-23(37-5)27(40-29(30)36)19(4)13-18(3)25(33)24(12-16)38-6/h8-10,13-16,18,23-25,27,33H,11-12H2,1-7H3,(H2,30,36)(H,31,35)/b10-8-,17-9+,19-13+,32-21-/t16-,18+,23+,24+,25-,27+/m1/s1. The van der Waals surface area contributed by atoms with Crippen LogP contribution in [0.4, 0.5) is 4.79 Å². The maximum atomic E-state index is 13.3. The molecule has 0 fully saturated rings. The molecule has 1 heterocycles. The van der Waals surface area contributed by atoms with E-state index in [-0.39, 0.29) is 17.4 Å². The number of rotatable bonds is 4. The van der Waals surface area contributed by atoms with Gasteiger partial charge in [0.25, 0.3) is 5.91 Å². The van der Waals surface area contributed by atoms with Crippen LogP contribution < -0.4 is 11.1 Å².